The first kappa shape index (κ1) is 23.7. The van der Waals surface area contributed by atoms with E-state index in [4.69, 9.17) is 4.74 Å². The van der Waals surface area contributed by atoms with E-state index in [1.54, 1.807) is 0 Å². The first-order valence-corrected chi connectivity index (χ1v) is 12.3. The van der Waals surface area contributed by atoms with Crippen LogP contribution in [0, 0.1) is 0 Å². The summed E-state index contributed by atoms with van der Waals surface area (Å²) in [7, 11) is 0. The summed E-state index contributed by atoms with van der Waals surface area (Å²) < 4.78 is 5.40. The van der Waals surface area contributed by atoms with Gasteiger partial charge in [0.25, 0.3) is 0 Å². The molecule has 0 amide bonds. The van der Waals surface area contributed by atoms with Gasteiger partial charge in [0.05, 0.1) is 13.2 Å². The largest absolute Gasteiger partial charge is 0.379 e. The molecule has 5 heteroatoms. The number of benzene rings is 1. The Labute approximate surface area is 184 Å². The summed E-state index contributed by atoms with van der Waals surface area (Å²) in [5, 5.41) is 7.21. The number of ether oxygens (including phenoxy) is 1. The second kappa shape index (κ2) is 14.2. The highest BCUT2D eigenvalue weighted by Gasteiger charge is 2.16. The monoisotopic (exact) mass is 416 g/mol. The number of piperidine rings is 1. The predicted molar refractivity (Wildman–Crippen MR) is 126 cm³/mol. The van der Waals surface area contributed by atoms with Crippen molar-refractivity contribution in [3.63, 3.8) is 0 Å². The van der Waals surface area contributed by atoms with Crippen molar-refractivity contribution in [1.29, 1.82) is 0 Å². The van der Waals surface area contributed by atoms with Crippen molar-refractivity contribution in [3.05, 3.63) is 35.4 Å². The summed E-state index contributed by atoms with van der Waals surface area (Å²) in [6.07, 6.45) is 7.76. The van der Waals surface area contributed by atoms with Crippen LogP contribution in [0.5, 0.6) is 0 Å². The van der Waals surface area contributed by atoms with E-state index in [2.05, 4.69) is 51.6 Å². The van der Waals surface area contributed by atoms with Crippen LogP contribution in [0.3, 0.4) is 0 Å². The molecular formula is C25H44N4O. The van der Waals surface area contributed by atoms with E-state index in [-0.39, 0.29) is 0 Å². The molecule has 2 aliphatic rings. The van der Waals surface area contributed by atoms with Crippen LogP contribution < -0.4 is 10.6 Å². The molecule has 2 fully saturated rings. The molecule has 2 N–H and O–H groups in total. The van der Waals surface area contributed by atoms with Crippen molar-refractivity contribution in [2.75, 3.05) is 65.6 Å². The highest BCUT2D eigenvalue weighted by atomic mass is 16.5. The van der Waals surface area contributed by atoms with Gasteiger partial charge in [-0.25, -0.2) is 0 Å². The van der Waals surface area contributed by atoms with Crippen molar-refractivity contribution in [2.45, 2.75) is 58.0 Å². The van der Waals surface area contributed by atoms with Crippen LogP contribution in [0.1, 0.15) is 50.2 Å². The van der Waals surface area contributed by atoms with E-state index in [0.717, 1.165) is 64.9 Å². The summed E-state index contributed by atoms with van der Waals surface area (Å²) >= 11 is 0. The van der Waals surface area contributed by atoms with Gasteiger partial charge in [0.15, 0.2) is 0 Å². The minimum absolute atomic E-state index is 0.783. The number of morpholine rings is 1. The van der Waals surface area contributed by atoms with Crippen molar-refractivity contribution in [2.24, 2.45) is 0 Å². The smallest absolute Gasteiger partial charge is 0.0594 e. The van der Waals surface area contributed by atoms with E-state index in [1.807, 2.05) is 0 Å². The molecule has 0 radical (unpaired) electrons. The van der Waals surface area contributed by atoms with Gasteiger partial charge in [-0.15, -0.1) is 0 Å². The Morgan fingerprint density at radius 2 is 1.60 bits per heavy atom. The summed E-state index contributed by atoms with van der Waals surface area (Å²) in [4.78, 5) is 5.17. The molecular weight excluding hydrogens is 372 g/mol. The highest BCUT2D eigenvalue weighted by molar-refractivity contribution is 5.22. The fraction of sp³-hybridized carbons (Fsp3) is 0.760. The molecule has 3 rings (SSSR count). The lowest BCUT2D eigenvalue weighted by Crippen LogP contribution is -2.38. The van der Waals surface area contributed by atoms with Gasteiger partial charge in [-0.1, -0.05) is 30.7 Å². The SMILES string of the molecule is CC1CCCCN1CCCNCc1ccc(CCNCCCN2CCOCC2)cc1. The third-order valence-corrected chi connectivity index (χ3v) is 6.61. The molecule has 2 saturated heterocycles. The fourth-order valence-electron chi connectivity index (χ4n) is 4.56. The molecule has 0 spiro atoms. The number of nitrogens with one attached hydrogen (secondary N) is 2. The van der Waals surface area contributed by atoms with E-state index in [9.17, 15) is 0 Å². The molecule has 2 heterocycles. The number of nitrogens with zero attached hydrogens (tertiary/aromatic N) is 2. The van der Waals surface area contributed by atoms with E-state index in [1.165, 1.54) is 62.9 Å². The second-order valence-corrected chi connectivity index (χ2v) is 9.04. The van der Waals surface area contributed by atoms with Gasteiger partial charge in [0.2, 0.25) is 0 Å². The van der Waals surface area contributed by atoms with Gasteiger partial charge in [-0.05, 0) is 89.4 Å². The fourth-order valence-corrected chi connectivity index (χ4v) is 4.56. The zero-order valence-corrected chi connectivity index (χ0v) is 19.2. The number of hydrogen-bond acceptors (Lipinski definition) is 5. The first-order valence-electron chi connectivity index (χ1n) is 12.3. The Morgan fingerprint density at radius 3 is 2.40 bits per heavy atom. The molecule has 5 nitrogen and oxygen atoms in total. The predicted octanol–water partition coefficient (Wildman–Crippen LogP) is 2.90. The maximum Gasteiger partial charge on any atom is 0.0594 e. The van der Waals surface area contributed by atoms with Crippen molar-refractivity contribution < 1.29 is 4.74 Å². The van der Waals surface area contributed by atoms with Crippen LogP contribution in [0.4, 0.5) is 0 Å². The van der Waals surface area contributed by atoms with Crippen LogP contribution in [0.15, 0.2) is 24.3 Å². The van der Waals surface area contributed by atoms with Crippen LogP contribution in [-0.2, 0) is 17.7 Å². The van der Waals surface area contributed by atoms with Crippen LogP contribution >= 0.6 is 0 Å². The molecule has 0 saturated carbocycles. The maximum absolute atomic E-state index is 5.40. The van der Waals surface area contributed by atoms with E-state index in [0.29, 0.717) is 0 Å². The Morgan fingerprint density at radius 1 is 0.867 bits per heavy atom. The normalized spacial score (nSPS) is 21.2. The quantitative estimate of drug-likeness (QED) is 0.484. The van der Waals surface area contributed by atoms with Crippen molar-refractivity contribution in [1.82, 2.24) is 20.4 Å². The maximum atomic E-state index is 5.40. The topological polar surface area (TPSA) is 39.8 Å². The van der Waals surface area contributed by atoms with E-state index < -0.39 is 0 Å². The van der Waals surface area contributed by atoms with Crippen LogP contribution in [0.25, 0.3) is 0 Å². The van der Waals surface area contributed by atoms with Gasteiger partial charge in [-0.3, -0.25) is 4.90 Å². The van der Waals surface area contributed by atoms with Crippen molar-refractivity contribution in [3.8, 4) is 0 Å². The summed E-state index contributed by atoms with van der Waals surface area (Å²) in [5.74, 6) is 0. The summed E-state index contributed by atoms with van der Waals surface area (Å²) in [6, 6.07) is 9.94. The van der Waals surface area contributed by atoms with Gasteiger partial charge in [0.1, 0.15) is 0 Å². The van der Waals surface area contributed by atoms with E-state index >= 15 is 0 Å². The number of hydrogen-bond donors (Lipinski definition) is 2. The molecule has 0 aliphatic carbocycles. The molecule has 0 aromatic heterocycles. The zero-order chi connectivity index (χ0) is 20.9. The lowest BCUT2D eigenvalue weighted by Gasteiger charge is -2.33. The van der Waals surface area contributed by atoms with Gasteiger partial charge < -0.3 is 20.3 Å². The lowest BCUT2D eigenvalue weighted by molar-refractivity contribution is 0.0375. The van der Waals surface area contributed by atoms with Gasteiger partial charge in [0, 0.05) is 25.7 Å². The zero-order valence-electron chi connectivity index (χ0n) is 19.2. The molecule has 170 valence electrons. The minimum atomic E-state index is 0.783. The van der Waals surface area contributed by atoms with Crippen LogP contribution in [-0.4, -0.2) is 81.4 Å². The Balaban J connectivity index is 1.18. The second-order valence-electron chi connectivity index (χ2n) is 9.04. The van der Waals surface area contributed by atoms with Crippen molar-refractivity contribution >= 4 is 0 Å². The molecule has 1 atom stereocenters. The lowest BCUT2D eigenvalue weighted by atomic mass is 10.0. The standard InChI is InChI=1S/C25H44N4O/c1-23-6-2-3-16-29(23)17-5-13-27-22-25-9-7-24(8-10-25)11-14-26-12-4-15-28-18-20-30-21-19-28/h7-10,23,26-27H,2-6,11-22H2,1H3. The van der Waals surface area contributed by atoms with Crippen LogP contribution in [0.2, 0.25) is 0 Å². The number of likely N-dealkylation sites (tertiary alicyclic amines) is 1. The average Bonchev–Trinajstić information content (AvgIpc) is 2.79. The summed E-state index contributed by atoms with van der Waals surface area (Å²) in [6.45, 7) is 14.4. The molecule has 1 aromatic carbocycles. The Bertz CT molecular complexity index is 559. The average molecular weight is 417 g/mol. The Hall–Kier alpha value is -0.980. The third-order valence-electron chi connectivity index (χ3n) is 6.61. The Kier molecular flexibility index (Phi) is 11.2. The summed E-state index contributed by atoms with van der Waals surface area (Å²) in [5.41, 5.74) is 2.82. The minimum Gasteiger partial charge on any atom is -0.379 e. The molecule has 30 heavy (non-hydrogen) atoms. The number of rotatable bonds is 13. The highest BCUT2D eigenvalue weighted by Crippen LogP contribution is 2.16. The molecule has 1 aromatic rings. The third kappa shape index (κ3) is 9.03. The van der Waals surface area contributed by atoms with Gasteiger partial charge >= 0.3 is 0 Å². The first-order chi connectivity index (χ1) is 14.8. The van der Waals surface area contributed by atoms with Gasteiger partial charge in [-0.2, -0.15) is 0 Å². The molecule has 1 unspecified atom stereocenters. The molecule has 2 aliphatic heterocycles. The molecule has 0 bridgehead atoms.